The zero-order chi connectivity index (χ0) is 20.3. The summed E-state index contributed by atoms with van der Waals surface area (Å²) in [5.41, 5.74) is 1.90. The number of rotatable bonds is 5. The van der Waals surface area contributed by atoms with Gasteiger partial charge in [0.15, 0.2) is 0 Å². The molecular formula is C22H24N4O3. The maximum absolute atomic E-state index is 12.9. The second-order valence-electron chi connectivity index (χ2n) is 8.20. The summed E-state index contributed by atoms with van der Waals surface area (Å²) < 4.78 is 2.06. The molecule has 5 rings (SSSR count). The van der Waals surface area contributed by atoms with Crippen molar-refractivity contribution in [1.29, 1.82) is 0 Å². The van der Waals surface area contributed by atoms with Crippen LogP contribution >= 0.6 is 0 Å². The predicted molar refractivity (Wildman–Crippen MR) is 106 cm³/mol. The van der Waals surface area contributed by atoms with Gasteiger partial charge in [-0.05, 0) is 44.2 Å². The number of likely N-dealkylation sites (tertiary alicyclic amines) is 1. The fraction of sp³-hybridized carbons (Fsp3) is 0.455. The minimum absolute atomic E-state index is 0.145. The third-order valence-electron chi connectivity index (χ3n) is 6.74. The molecule has 5 atom stereocenters. The van der Waals surface area contributed by atoms with Crippen molar-refractivity contribution >= 4 is 28.8 Å². The Bertz CT molecular complexity index is 1030. The molecule has 7 nitrogen and oxygen atoms in total. The number of benzene rings is 1. The number of hydrogen-bond donors (Lipinski definition) is 1. The third kappa shape index (κ3) is 2.56. The fourth-order valence-electron chi connectivity index (χ4n) is 5.35. The van der Waals surface area contributed by atoms with Crippen LogP contribution in [0, 0.1) is 23.7 Å². The fourth-order valence-corrected chi connectivity index (χ4v) is 5.35. The summed E-state index contributed by atoms with van der Waals surface area (Å²) in [7, 11) is 0. The minimum Gasteiger partial charge on any atom is -0.347 e. The molecule has 1 aromatic heterocycles. The van der Waals surface area contributed by atoms with E-state index in [1.807, 2.05) is 31.2 Å². The monoisotopic (exact) mass is 392 g/mol. The summed E-state index contributed by atoms with van der Waals surface area (Å²) in [5.74, 6) is -0.235. The van der Waals surface area contributed by atoms with Crippen molar-refractivity contribution in [2.45, 2.75) is 39.4 Å². The highest BCUT2D eigenvalue weighted by Gasteiger charge is 2.60. The Labute approximate surface area is 168 Å². The largest absolute Gasteiger partial charge is 0.347 e. The first-order valence-corrected chi connectivity index (χ1v) is 10.3. The normalized spacial score (nSPS) is 28.4. The summed E-state index contributed by atoms with van der Waals surface area (Å²) in [6, 6.07) is 7.02. The van der Waals surface area contributed by atoms with E-state index in [-0.39, 0.29) is 47.9 Å². The highest BCUT2D eigenvalue weighted by Crippen LogP contribution is 2.52. The highest BCUT2D eigenvalue weighted by atomic mass is 16.2. The van der Waals surface area contributed by atoms with E-state index >= 15 is 0 Å². The molecule has 1 N–H and O–H groups in total. The van der Waals surface area contributed by atoms with E-state index in [9.17, 15) is 14.4 Å². The minimum atomic E-state index is -0.820. The number of allylic oxidation sites excluding steroid dienone is 2. The van der Waals surface area contributed by atoms with E-state index in [1.165, 1.54) is 4.90 Å². The average molecular weight is 392 g/mol. The molecule has 2 aromatic rings. The summed E-state index contributed by atoms with van der Waals surface area (Å²) in [4.78, 5) is 44.4. The molecule has 2 fully saturated rings. The van der Waals surface area contributed by atoms with Crippen molar-refractivity contribution < 1.29 is 14.4 Å². The van der Waals surface area contributed by atoms with Gasteiger partial charge in [0, 0.05) is 6.54 Å². The molecule has 7 heteroatoms. The summed E-state index contributed by atoms with van der Waals surface area (Å²) >= 11 is 0. The zero-order valence-electron chi connectivity index (χ0n) is 16.5. The van der Waals surface area contributed by atoms with Crippen molar-refractivity contribution in [3.63, 3.8) is 0 Å². The second kappa shape index (κ2) is 6.54. The van der Waals surface area contributed by atoms with Crippen LogP contribution in [0.1, 0.15) is 26.1 Å². The summed E-state index contributed by atoms with van der Waals surface area (Å²) in [5, 5.41) is 2.87. The Morgan fingerprint density at radius 3 is 2.48 bits per heavy atom. The predicted octanol–water partition coefficient (Wildman–Crippen LogP) is 1.87. The van der Waals surface area contributed by atoms with E-state index in [2.05, 4.69) is 27.0 Å². The number of hydrogen-bond acceptors (Lipinski definition) is 4. The molecule has 1 aliphatic heterocycles. The van der Waals surface area contributed by atoms with Crippen LogP contribution in [0.3, 0.4) is 0 Å². The lowest BCUT2D eigenvalue weighted by atomic mass is 9.85. The van der Waals surface area contributed by atoms with Crippen LogP contribution in [0.5, 0.6) is 0 Å². The maximum Gasteiger partial charge on any atom is 0.243 e. The second-order valence-corrected chi connectivity index (χ2v) is 8.20. The number of fused-ring (bicyclic) bond motifs is 6. The molecule has 0 spiro atoms. The van der Waals surface area contributed by atoms with Crippen LogP contribution in [0.15, 0.2) is 36.4 Å². The number of amides is 3. The van der Waals surface area contributed by atoms with Gasteiger partial charge in [-0.2, -0.15) is 0 Å². The Balaban J connectivity index is 1.31. The Morgan fingerprint density at radius 1 is 1.17 bits per heavy atom. The third-order valence-corrected chi connectivity index (χ3v) is 6.74. The average Bonchev–Trinajstić information content (AvgIpc) is 3.47. The van der Waals surface area contributed by atoms with Crippen LogP contribution in [0.4, 0.5) is 0 Å². The van der Waals surface area contributed by atoms with Crippen LogP contribution in [-0.2, 0) is 27.5 Å². The first-order chi connectivity index (χ1) is 14.0. The molecule has 29 heavy (non-hydrogen) atoms. The van der Waals surface area contributed by atoms with Gasteiger partial charge in [-0.3, -0.25) is 19.3 Å². The molecule has 1 aromatic carbocycles. The standard InChI is InChI=1S/C22H24N4O3/c1-3-25-16-7-5-4-6-15(16)24-17(25)11-23-20(27)12(2)26-21(28)18-13-8-9-14(10-13)19(18)22(26)29/h4-9,12-14,18-19H,3,10-11H2,1-2H3,(H,23,27)/t12-,13+,14+,18-,19+/m1/s1. The van der Waals surface area contributed by atoms with Gasteiger partial charge in [-0.15, -0.1) is 0 Å². The molecule has 2 heterocycles. The summed E-state index contributed by atoms with van der Waals surface area (Å²) in [6.45, 7) is 4.65. The maximum atomic E-state index is 12.9. The van der Waals surface area contributed by atoms with Gasteiger partial charge in [0.25, 0.3) is 0 Å². The molecule has 1 saturated carbocycles. The van der Waals surface area contributed by atoms with Gasteiger partial charge in [0.2, 0.25) is 17.7 Å². The lowest BCUT2D eigenvalue weighted by molar-refractivity contribution is -0.148. The smallest absolute Gasteiger partial charge is 0.243 e. The van der Waals surface area contributed by atoms with Crippen molar-refractivity contribution in [3.05, 3.63) is 42.2 Å². The molecule has 1 saturated heterocycles. The summed E-state index contributed by atoms with van der Waals surface area (Å²) in [6.07, 6.45) is 5.00. The molecule has 0 unspecified atom stereocenters. The number of imidazole rings is 1. The Morgan fingerprint density at radius 2 is 1.83 bits per heavy atom. The first-order valence-electron chi connectivity index (χ1n) is 10.3. The lowest BCUT2D eigenvalue weighted by Crippen LogP contribution is -2.48. The number of para-hydroxylation sites is 2. The van der Waals surface area contributed by atoms with E-state index in [0.29, 0.717) is 0 Å². The van der Waals surface area contributed by atoms with E-state index in [1.54, 1.807) is 6.92 Å². The number of nitrogens with one attached hydrogen (secondary N) is 1. The number of aromatic nitrogens is 2. The molecule has 2 aliphatic carbocycles. The highest BCUT2D eigenvalue weighted by molar-refractivity contribution is 6.09. The van der Waals surface area contributed by atoms with Crippen molar-refractivity contribution in [3.8, 4) is 0 Å². The van der Waals surface area contributed by atoms with E-state index in [4.69, 9.17) is 0 Å². The molecule has 0 radical (unpaired) electrons. The van der Waals surface area contributed by atoms with E-state index in [0.717, 1.165) is 29.8 Å². The molecular weight excluding hydrogens is 368 g/mol. The number of nitrogens with zero attached hydrogens (tertiary/aromatic N) is 3. The lowest BCUT2D eigenvalue weighted by Gasteiger charge is -2.23. The van der Waals surface area contributed by atoms with Crippen LogP contribution in [0.2, 0.25) is 0 Å². The van der Waals surface area contributed by atoms with Crippen LogP contribution < -0.4 is 5.32 Å². The topological polar surface area (TPSA) is 84.3 Å². The van der Waals surface area contributed by atoms with Gasteiger partial charge in [-0.1, -0.05) is 24.3 Å². The van der Waals surface area contributed by atoms with Gasteiger partial charge in [0.05, 0.1) is 29.4 Å². The molecule has 3 amide bonds. The van der Waals surface area contributed by atoms with Gasteiger partial charge in [-0.25, -0.2) is 4.98 Å². The first kappa shape index (κ1) is 18.1. The zero-order valence-corrected chi connectivity index (χ0v) is 16.5. The van der Waals surface area contributed by atoms with Crippen molar-refractivity contribution in [2.24, 2.45) is 23.7 Å². The van der Waals surface area contributed by atoms with Crippen molar-refractivity contribution in [2.75, 3.05) is 0 Å². The molecule has 3 aliphatic rings. The number of aryl methyl sites for hydroxylation is 1. The number of imide groups is 1. The van der Waals surface area contributed by atoms with Gasteiger partial charge < -0.3 is 9.88 Å². The van der Waals surface area contributed by atoms with E-state index < -0.39 is 6.04 Å². The van der Waals surface area contributed by atoms with Crippen LogP contribution in [0.25, 0.3) is 11.0 Å². The van der Waals surface area contributed by atoms with Gasteiger partial charge >= 0.3 is 0 Å². The van der Waals surface area contributed by atoms with Crippen LogP contribution in [-0.4, -0.2) is 38.2 Å². The van der Waals surface area contributed by atoms with Crippen molar-refractivity contribution in [1.82, 2.24) is 19.8 Å². The number of carbonyl (C=O) groups excluding carboxylic acids is 3. The van der Waals surface area contributed by atoms with Gasteiger partial charge in [0.1, 0.15) is 11.9 Å². The molecule has 2 bridgehead atoms. The quantitative estimate of drug-likeness (QED) is 0.622. The Hall–Kier alpha value is -2.96. The number of carbonyl (C=O) groups is 3. The SMILES string of the molecule is CCn1c(CNC(=O)[C@@H](C)N2C(=O)[C@@H]3[C@H](C2=O)[C@H]2C=C[C@H]3C2)nc2ccccc21. The molecule has 150 valence electrons. The Kier molecular flexibility index (Phi) is 4.08.